The van der Waals surface area contributed by atoms with Crippen molar-refractivity contribution < 1.29 is 14.3 Å². The zero-order valence-electron chi connectivity index (χ0n) is 21.7. The van der Waals surface area contributed by atoms with Gasteiger partial charge in [-0.3, -0.25) is 4.90 Å². The second kappa shape index (κ2) is 9.85. The van der Waals surface area contributed by atoms with Crippen molar-refractivity contribution in [2.45, 2.75) is 78.0 Å². The summed E-state index contributed by atoms with van der Waals surface area (Å²) in [5.74, 6) is 1.41. The Morgan fingerprint density at radius 2 is 1.83 bits per heavy atom. The normalized spacial score (nSPS) is 26.4. The van der Waals surface area contributed by atoms with Crippen LogP contribution in [0.4, 0.5) is 4.79 Å². The summed E-state index contributed by atoms with van der Waals surface area (Å²) in [6.07, 6.45) is 5.19. The highest BCUT2D eigenvalue weighted by Crippen LogP contribution is 2.51. The average Bonchev–Trinajstić information content (AvgIpc) is 3.17. The lowest BCUT2D eigenvalue weighted by Gasteiger charge is -2.44. The van der Waals surface area contributed by atoms with Crippen molar-refractivity contribution >= 4 is 6.09 Å². The standard InChI is InChI=1S/C30H40N2O3/c1-5-30(6-2)18-24-16-23(22-8-7-9-25(17-22)34-20(3)4)10-11-26(24)28(30)31-29(33)35-27-19-32-14-12-21(27)13-15-32/h7-11,16-17,20-21,27-28H,5-6,12-15,18-19H2,1-4H3,(H,31,33)/t27-,28?/m0/s1. The minimum absolute atomic E-state index is 0.0116. The van der Waals surface area contributed by atoms with Gasteiger partial charge < -0.3 is 14.8 Å². The first-order valence-electron chi connectivity index (χ1n) is 13.5. The molecule has 2 aromatic carbocycles. The first-order chi connectivity index (χ1) is 16.9. The summed E-state index contributed by atoms with van der Waals surface area (Å²) in [4.78, 5) is 15.5. The molecule has 1 unspecified atom stereocenters. The highest BCUT2D eigenvalue weighted by atomic mass is 16.6. The molecule has 0 aromatic heterocycles. The molecule has 3 heterocycles. The number of benzene rings is 2. The molecular formula is C30H40N2O3. The number of hydrogen-bond donors (Lipinski definition) is 1. The fraction of sp³-hybridized carbons (Fsp3) is 0.567. The van der Waals surface area contributed by atoms with Gasteiger partial charge in [0.2, 0.25) is 0 Å². The summed E-state index contributed by atoms with van der Waals surface area (Å²) in [5, 5.41) is 3.32. The summed E-state index contributed by atoms with van der Waals surface area (Å²) >= 11 is 0. The maximum absolute atomic E-state index is 13.1. The molecule has 5 nitrogen and oxygen atoms in total. The lowest BCUT2D eigenvalue weighted by molar-refractivity contribution is -0.0353. The largest absolute Gasteiger partial charge is 0.491 e. The lowest BCUT2D eigenvalue weighted by atomic mass is 9.76. The zero-order valence-corrected chi connectivity index (χ0v) is 21.7. The molecule has 3 saturated heterocycles. The molecule has 3 aliphatic heterocycles. The van der Waals surface area contributed by atoms with Gasteiger partial charge >= 0.3 is 6.09 Å². The number of nitrogens with zero attached hydrogens (tertiary/aromatic N) is 1. The number of hydrogen-bond acceptors (Lipinski definition) is 4. The van der Waals surface area contributed by atoms with E-state index in [-0.39, 0.29) is 29.8 Å². The molecule has 1 aliphatic carbocycles. The molecule has 4 aliphatic rings. The first-order valence-corrected chi connectivity index (χ1v) is 13.5. The summed E-state index contributed by atoms with van der Waals surface area (Å²) < 4.78 is 11.9. The quantitative estimate of drug-likeness (QED) is 0.505. The molecule has 1 N–H and O–H groups in total. The Hall–Kier alpha value is -2.53. The highest BCUT2D eigenvalue weighted by Gasteiger charge is 2.45. The van der Waals surface area contributed by atoms with E-state index in [2.05, 4.69) is 60.5 Å². The predicted octanol–water partition coefficient (Wildman–Crippen LogP) is 6.36. The Labute approximate surface area is 210 Å². The van der Waals surface area contributed by atoms with Crippen molar-refractivity contribution in [3.05, 3.63) is 53.6 Å². The second-order valence-electron chi connectivity index (χ2n) is 11.0. The molecule has 0 spiro atoms. The third kappa shape index (κ3) is 4.80. The maximum Gasteiger partial charge on any atom is 0.407 e. The van der Waals surface area contributed by atoms with Gasteiger partial charge in [0.25, 0.3) is 0 Å². The fourth-order valence-corrected chi connectivity index (χ4v) is 6.53. The average molecular weight is 477 g/mol. The van der Waals surface area contributed by atoms with Gasteiger partial charge in [-0.15, -0.1) is 0 Å². The van der Waals surface area contributed by atoms with Crippen LogP contribution >= 0.6 is 0 Å². The molecule has 2 atom stereocenters. The van der Waals surface area contributed by atoms with Crippen LogP contribution in [0.25, 0.3) is 11.1 Å². The van der Waals surface area contributed by atoms with Gasteiger partial charge in [0, 0.05) is 6.54 Å². The van der Waals surface area contributed by atoms with E-state index in [4.69, 9.17) is 9.47 Å². The number of alkyl carbamates (subject to hydrolysis) is 1. The van der Waals surface area contributed by atoms with Gasteiger partial charge in [-0.05, 0) is 105 Å². The maximum atomic E-state index is 13.1. The van der Waals surface area contributed by atoms with E-state index in [9.17, 15) is 4.79 Å². The van der Waals surface area contributed by atoms with Crippen LogP contribution in [-0.2, 0) is 11.2 Å². The van der Waals surface area contributed by atoms with Gasteiger partial charge in [-0.1, -0.05) is 44.2 Å². The van der Waals surface area contributed by atoms with Gasteiger partial charge in [0.05, 0.1) is 12.1 Å². The Morgan fingerprint density at radius 3 is 2.49 bits per heavy atom. The Bertz CT molecular complexity index is 1050. The van der Waals surface area contributed by atoms with Gasteiger partial charge in [0.1, 0.15) is 11.9 Å². The number of carbonyl (C=O) groups is 1. The number of carbonyl (C=O) groups excluding carboxylic acids is 1. The van der Waals surface area contributed by atoms with Gasteiger partial charge in [-0.25, -0.2) is 4.79 Å². The molecule has 1 amide bonds. The molecule has 0 radical (unpaired) electrons. The minimum atomic E-state index is -0.254. The van der Waals surface area contributed by atoms with Crippen LogP contribution in [0.15, 0.2) is 42.5 Å². The van der Waals surface area contributed by atoms with Crippen LogP contribution < -0.4 is 10.1 Å². The Kier molecular flexibility index (Phi) is 6.80. The monoisotopic (exact) mass is 476 g/mol. The highest BCUT2D eigenvalue weighted by molar-refractivity contribution is 5.70. The van der Waals surface area contributed by atoms with Crippen molar-refractivity contribution in [1.29, 1.82) is 0 Å². The van der Waals surface area contributed by atoms with Crippen LogP contribution in [0.1, 0.15) is 70.5 Å². The summed E-state index contributed by atoms with van der Waals surface area (Å²) in [6, 6.07) is 15.0. The van der Waals surface area contributed by atoms with Crippen LogP contribution in [-0.4, -0.2) is 42.8 Å². The molecule has 188 valence electrons. The van der Waals surface area contributed by atoms with Crippen LogP contribution in [0.5, 0.6) is 5.75 Å². The number of amides is 1. The first kappa shape index (κ1) is 24.2. The van der Waals surface area contributed by atoms with Crippen LogP contribution in [0, 0.1) is 11.3 Å². The molecule has 6 rings (SSSR count). The summed E-state index contributed by atoms with van der Waals surface area (Å²) in [5.41, 5.74) is 4.92. The van der Waals surface area contributed by atoms with E-state index in [1.807, 2.05) is 19.9 Å². The molecule has 0 saturated carbocycles. The number of ether oxygens (including phenoxy) is 2. The van der Waals surface area contributed by atoms with E-state index in [0.717, 1.165) is 63.1 Å². The third-order valence-electron chi connectivity index (χ3n) is 8.67. The predicted molar refractivity (Wildman–Crippen MR) is 140 cm³/mol. The molecule has 3 fully saturated rings. The van der Waals surface area contributed by atoms with E-state index in [1.165, 1.54) is 16.7 Å². The molecule has 2 aromatic rings. The number of fused-ring (bicyclic) bond motifs is 4. The number of piperidine rings is 3. The third-order valence-corrected chi connectivity index (χ3v) is 8.67. The van der Waals surface area contributed by atoms with Crippen LogP contribution in [0.2, 0.25) is 0 Å². The molecule has 5 heteroatoms. The van der Waals surface area contributed by atoms with Crippen molar-refractivity contribution in [2.24, 2.45) is 11.3 Å². The van der Waals surface area contributed by atoms with Crippen molar-refractivity contribution in [2.75, 3.05) is 19.6 Å². The Balaban J connectivity index is 1.37. The van der Waals surface area contributed by atoms with Crippen molar-refractivity contribution in [1.82, 2.24) is 10.2 Å². The van der Waals surface area contributed by atoms with Crippen molar-refractivity contribution in [3.63, 3.8) is 0 Å². The summed E-state index contributed by atoms with van der Waals surface area (Å²) in [7, 11) is 0. The number of nitrogens with one attached hydrogen (secondary N) is 1. The van der Waals surface area contributed by atoms with Gasteiger partial charge in [-0.2, -0.15) is 0 Å². The van der Waals surface area contributed by atoms with E-state index in [0.29, 0.717) is 5.92 Å². The lowest BCUT2D eigenvalue weighted by Crippen LogP contribution is -2.53. The number of rotatable bonds is 7. The van der Waals surface area contributed by atoms with E-state index >= 15 is 0 Å². The minimum Gasteiger partial charge on any atom is -0.491 e. The fourth-order valence-electron chi connectivity index (χ4n) is 6.53. The van der Waals surface area contributed by atoms with Gasteiger partial charge in [0.15, 0.2) is 0 Å². The summed E-state index contributed by atoms with van der Waals surface area (Å²) in [6.45, 7) is 11.8. The Morgan fingerprint density at radius 1 is 1.09 bits per heavy atom. The molecular weight excluding hydrogens is 436 g/mol. The molecule has 2 bridgehead atoms. The smallest absolute Gasteiger partial charge is 0.407 e. The SMILES string of the molecule is CCC1(CC)Cc2cc(-c3cccc(OC(C)C)c3)ccc2C1NC(=O)O[C@H]1CN2CCC1CC2. The zero-order chi connectivity index (χ0) is 24.6. The van der Waals surface area contributed by atoms with E-state index < -0.39 is 0 Å². The van der Waals surface area contributed by atoms with Crippen LogP contribution in [0.3, 0.4) is 0 Å². The van der Waals surface area contributed by atoms with E-state index in [1.54, 1.807) is 0 Å². The topological polar surface area (TPSA) is 50.8 Å². The van der Waals surface area contributed by atoms with Crippen molar-refractivity contribution in [3.8, 4) is 16.9 Å². The second-order valence-corrected chi connectivity index (χ2v) is 11.0. The molecule has 35 heavy (non-hydrogen) atoms.